The number of halogens is 1. The lowest BCUT2D eigenvalue weighted by atomic mass is 9.79. The van der Waals surface area contributed by atoms with Crippen LogP contribution in [0.5, 0.6) is 5.75 Å². The van der Waals surface area contributed by atoms with Gasteiger partial charge in [-0.25, -0.2) is 4.39 Å². The van der Waals surface area contributed by atoms with E-state index in [-0.39, 0.29) is 6.61 Å². The normalized spacial score (nSPS) is 25.9. The van der Waals surface area contributed by atoms with Crippen molar-refractivity contribution in [2.24, 2.45) is 5.92 Å². The third-order valence-corrected chi connectivity index (χ3v) is 5.31. The third-order valence-electron chi connectivity index (χ3n) is 5.01. The van der Waals surface area contributed by atoms with Crippen LogP contribution in [0.25, 0.3) is 0 Å². The van der Waals surface area contributed by atoms with E-state index in [0.29, 0.717) is 16.5 Å². The van der Waals surface area contributed by atoms with E-state index in [4.69, 9.17) is 21.7 Å². The maximum absolute atomic E-state index is 13.9. The fourth-order valence-corrected chi connectivity index (χ4v) is 4.34. The van der Waals surface area contributed by atoms with Crippen LogP contribution < -0.4 is 15.0 Å². The maximum Gasteiger partial charge on any atom is 0.317 e. The molecule has 2 aromatic rings. The molecule has 27 heavy (non-hydrogen) atoms. The average molecular weight is 386 g/mol. The highest BCUT2D eigenvalue weighted by molar-refractivity contribution is 7.80. The van der Waals surface area contributed by atoms with E-state index in [1.54, 1.807) is 30.9 Å². The Balaban J connectivity index is 1.89. The van der Waals surface area contributed by atoms with Gasteiger partial charge in [-0.1, -0.05) is 24.3 Å². The van der Waals surface area contributed by atoms with Crippen molar-refractivity contribution < 1.29 is 18.7 Å². The Morgan fingerprint density at radius 1 is 1.33 bits per heavy atom. The van der Waals surface area contributed by atoms with Gasteiger partial charge in [0.1, 0.15) is 17.5 Å². The van der Waals surface area contributed by atoms with E-state index < -0.39 is 29.5 Å². The number of nitrogens with zero attached hydrogens (tertiary/aromatic N) is 1. The molecule has 3 atom stereocenters. The molecule has 2 aliphatic heterocycles. The van der Waals surface area contributed by atoms with Crippen LogP contribution in [0.4, 0.5) is 10.1 Å². The lowest BCUT2D eigenvalue weighted by molar-refractivity contribution is -0.159. The number of hydrogen-bond donors (Lipinski definition) is 1. The summed E-state index contributed by atoms with van der Waals surface area (Å²) in [5, 5.41) is 3.60. The molecule has 0 saturated carbocycles. The Morgan fingerprint density at radius 2 is 2.11 bits per heavy atom. The van der Waals surface area contributed by atoms with Crippen molar-refractivity contribution in [2.45, 2.75) is 25.6 Å². The molecule has 0 aromatic heterocycles. The van der Waals surface area contributed by atoms with Crippen LogP contribution in [0.2, 0.25) is 0 Å². The molecule has 0 amide bonds. The number of hydrogen-bond acceptors (Lipinski definition) is 4. The molecule has 1 N–H and O–H groups in total. The highest BCUT2D eigenvalue weighted by Gasteiger charge is 2.59. The van der Waals surface area contributed by atoms with Gasteiger partial charge in [0.05, 0.1) is 12.6 Å². The number of benzene rings is 2. The topological polar surface area (TPSA) is 50.8 Å². The Labute approximate surface area is 162 Å². The predicted octanol–water partition coefficient (Wildman–Crippen LogP) is 3.55. The Morgan fingerprint density at radius 3 is 2.85 bits per heavy atom. The van der Waals surface area contributed by atoms with Crippen molar-refractivity contribution >= 4 is 29.0 Å². The van der Waals surface area contributed by atoms with Crippen molar-refractivity contribution in [1.82, 2.24) is 5.32 Å². The van der Waals surface area contributed by atoms with E-state index in [9.17, 15) is 9.18 Å². The predicted molar refractivity (Wildman–Crippen MR) is 103 cm³/mol. The summed E-state index contributed by atoms with van der Waals surface area (Å²) in [6, 6.07) is 13.2. The van der Waals surface area contributed by atoms with Gasteiger partial charge in [0.2, 0.25) is 5.72 Å². The summed E-state index contributed by atoms with van der Waals surface area (Å²) < 4.78 is 25.5. The quantitative estimate of drug-likeness (QED) is 0.643. The fraction of sp³-hybridized carbons (Fsp3) is 0.300. The van der Waals surface area contributed by atoms with Crippen LogP contribution in [0, 0.1) is 11.7 Å². The molecule has 2 heterocycles. The zero-order valence-corrected chi connectivity index (χ0v) is 15.8. The minimum Gasteiger partial charge on any atom is -0.466 e. The van der Waals surface area contributed by atoms with Crippen LogP contribution >= 0.6 is 12.2 Å². The van der Waals surface area contributed by atoms with Crippen molar-refractivity contribution in [3.8, 4) is 5.75 Å². The highest BCUT2D eigenvalue weighted by atomic mass is 32.1. The number of nitrogens with one attached hydrogen (secondary N) is 1. The van der Waals surface area contributed by atoms with Gasteiger partial charge in [-0.05, 0) is 50.3 Å². The van der Waals surface area contributed by atoms with E-state index in [2.05, 4.69) is 5.32 Å². The summed E-state index contributed by atoms with van der Waals surface area (Å²) in [6.07, 6.45) is 0. The van der Waals surface area contributed by atoms with E-state index >= 15 is 0 Å². The van der Waals surface area contributed by atoms with Gasteiger partial charge in [0.25, 0.3) is 0 Å². The lowest BCUT2D eigenvalue weighted by Crippen LogP contribution is -2.71. The third kappa shape index (κ3) is 2.73. The number of para-hydroxylation sites is 1. The van der Waals surface area contributed by atoms with E-state index in [1.165, 1.54) is 12.1 Å². The summed E-state index contributed by atoms with van der Waals surface area (Å²) >= 11 is 5.57. The molecule has 0 aliphatic carbocycles. The number of ether oxygens (including phenoxy) is 2. The molecule has 2 aliphatic rings. The second-order valence-electron chi connectivity index (χ2n) is 6.67. The van der Waals surface area contributed by atoms with Crippen molar-refractivity contribution in [3.05, 3.63) is 59.9 Å². The van der Waals surface area contributed by atoms with Gasteiger partial charge >= 0.3 is 5.97 Å². The van der Waals surface area contributed by atoms with Gasteiger partial charge in [-0.3, -0.25) is 9.69 Å². The molecular weight excluding hydrogens is 367 g/mol. The lowest BCUT2D eigenvalue weighted by Gasteiger charge is -2.55. The molecule has 2 aromatic carbocycles. The SMILES string of the molecule is CCOC(=O)[C@@H]1[C@H]2NC(=S)N(c3cccc(F)c3)[C@@]1(C)Oc1ccccc12. The van der Waals surface area contributed by atoms with Gasteiger partial charge in [-0.2, -0.15) is 0 Å². The molecule has 4 rings (SSSR count). The van der Waals surface area contributed by atoms with E-state index in [1.807, 2.05) is 24.3 Å². The minimum atomic E-state index is -1.17. The minimum absolute atomic E-state index is 0.254. The van der Waals surface area contributed by atoms with Crippen LogP contribution in [-0.2, 0) is 9.53 Å². The second kappa shape index (κ2) is 6.49. The first-order valence-corrected chi connectivity index (χ1v) is 9.17. The van der Waals surface area contributed by atoms with Gasteiger partial charge in [0, 0.05) is 11.3 Å². The molecule has 0 unspecified atom stereocenters. The summed E-state index contributed by atoms with van der Waals surface area (Å²) in [7, 11) is 0. The zero-order chi connectivity index (χ0) is 19.2. The maximum atomic E-state index is 13.9. The molecule has 7 heteroatoms. The van der Waals surface area contributed by atoms with Gasteiger partial charge in [0.15, 0.2) is 5.11 Å². The van der Waals surface area contributed by atoms with Gasteiger partial charge < -0.3 is 14.8 Å². The number of fused-ring (bicyclic) bond motifs is 4. The Kier molecular flexibility index (Phi) is 4.26. The smallest absolute Gasteiger partial charge is 0.317 e. The Bertz CT molecular complexity index is 922. The molecule has 140 valence electrons. The molecule has 5 nitrogen and oxygen atoms in total. The summed E-state index contributed by atoms with van der Waals surface area (Å²) in [5.41, 5.74) is 0.179. The molecular formula is C20H19FN2O3S. The number of esters is 1. The number of thiocarbonyl (C=S) groups is 1. The first-order valence-electron chi connectivity index (χ1n) is 8.76. The summed E-state index contributed by atoms with van der Waals surface area (Å²) in [4.78, 5) is 14.5. The summed E-state index contributed by atoms with van der Waals surface area (Å²) in [5.74, 6) is -0.829. The zero-order valence-electron chi connectivity index (χ0n) is 14.9. The van der Waals surface area contributed by atoms with E-state index in [0.717, 1.165) is 5.56 Å². The molecule has 1 saturated heterocycles. The van der Waals surface area contributed by atoms with Gasteiger partial charge in [-0.15, -0.1) is 0 Å². The number of anilines is 1. The average Bonchev–Trinajstić information content (AvgIpc) is 2.61. The van der Waals surface area contributed by atoms with Crippen LogP contribution in [0.3, 0.4) is 0 Å². The second-order valence-corrected chi connectivity index (χ2v) is 7.05. The first kappa shape index (κ1) is 17.7. The Hall–Kier alpha value is -2.67. The fourth-order valence-electron chi connectivity index (χ4n) is 3.93. The number of carbonyl (C=O) groups is 1. The molecule has 1 fully saturated rings. The number of rotatable bonds is 3. The van der Waals surface area contributed by atoms with Crippen LogP contribution in [-0.4, -0.2) is 23.4 Å². The molecule has 2 bridgehead atoms. The largest absolute Gasteiger partial charge is 0.466 e. The summed E-state index contributed by atoms with van der Waals surface area (Å²) in [6.45, 7) is 3.80. The standard InChI is InChI=1S/C20H19FN2O3S/c1-3-25-18(24)16-17-14-9-4-5-10-15(14)26-20(16,2)23(19(27)22-17)13-8-6-7-12(21)11-13/h4-11,16-17H,3H2,1-2H3,(H,22,27)/t16-,17-,20-/m0/s1. The number of carbonyl (C=O) groups excluding carboxylic acids is 1. The first-order chi connectivity index (χ1) is 13.0. The highest BCUT2D eigenvalue weighted by Crippen LogP contribution is 2.49. The van der Waals surface area contributed by atoms with Crippen molar-refractivity contribution in [3.63, 3.8) is 0 Å². The van der Waals surface area contributed by atoms with Crippen molar-refractivity contribution in [2.75, 3.05) is 11.5 Å². The van der Waals surface area contributed by atoms with Crippen molar-refractivity contribution in [1.29, 1.82) is 0 Å². The monoisotopic (exact) mass is 386 g/mol. The molecule has 0 radical (unpaired) electrons. The molecule has 0 spiro atoms. The van der Waals surface area contributed by atoms with Crippen LogP contribution in [0.15, 0.2) is 48.5 Å². The van der Waals surface area contributed by atoms with Crippen LogP contribution in [0.1, 0.15) is 25.5 Å².